The van der Waals surface area contributed by atoms with Gasteiger partial charge in [-0.25, -0.2) is 9.97 Å². The van der Waals surface area contributed by atoms with Crippen LogP contribution in [0.1, 0.15) is 44.3 Å². The lowest BCUT2D eigenvalue weighted by atomic mass is 9.82. The summed E-state index contributed by atoms with van der Waals surface area (Å²) in [7, 11) is 0. The Balaban J connectivity index is 2.20. The molecule has 0 aromatic carbocycles. The Morgan fingerprint density at radius 2 is 1.87 bits per heavy atom. The molecule has 2 unspecified atom stereocenters. The van der Waals surface area contributed by atoms with E-state index in [9.17, 15) is 0 Å². The Morgan fingerprint density at radius 1 is 1.20 bits per heavy atom. The molecule has 1 heterocycles. The van der Waals surface area contributed by atoms with Gasteiger partial charge in [0.25, 0.3) is 0 Å². The highest BCUT2D eigenvalue weighted by Gasteiger charge is 2.23. The van der Waals surface area contributed by atoms with Crippen LogP contribution >= 0.6 is 23.2 Å². The van der Waals surface area contributed by atoms with Crippen LogP contribution in [0.25, 0.3) is 0 Å². The number of hydrogen-bond donors (Lipinski definition) is 0. The van der Waals surface area contributed by atoms with Gasteiger partial charge in [0.1, 0.15) is 16.1 Å². The van der Waals surface area contributed by atoms with Gasteiger partial charge in [-0.15, -0.1) is 0 Å². The van der Waals surface area contributed by atoms with Crippen LogP contribution in [0.15, 0.2) is 6.07 Å². The zero-order chi connectivity index (χ0) is 10.8. The van der Waals surface area contributed by atoms with E-state index < -0.39 is 0 Å². The second-order valence-corrected chi connectivity index (χ2v) is 5.11. The summed E-state index contributed by atoms with van der Waals surface area (Å²) in [5.41, 5.74) is 0. The van der Waals surface area contributed by atoms with Crippen molar-refractivity contribution >= 4 is 23.2 Å². The molecule has 2 nitrogen and oxygen atoms in total. The van der Waals surface area contributed by atoms with Crippen LogP contribution in [0.2, 0.25) is 10.3 Å². The minimum absolute atomic E-state index is 0.435. The molecule has 1 aliphatic rings. The van der Waals surface area contributed by atoms with Gasteiger partial charge in [0.15, 0.2) is 0 Å². The molecular formula is C11H14Cl2N2. The molecule has 0 spiro atoms. The summed E-state index contributed by atoms with van der Waals surface area (Å²) in [5, 5.41) is 0.895. The van der Waals surface area contributed by atoms with E-state index in [2.05, 4.69) is 16.9 Å². The van der Waals surface area contributed by atoms with Gasteiger partial charge in [-0.1, -0.05) is 43.0 Å². The van der Waals surface area contributed by atoms with E-state index in [1.165, 1.54) is 12.8 Å². The molecule has 0 radical (unpaired) electrons. The van der Waals surface area contributed by atoms with Crippen molar-refractivity contribution in [2.45, 2.75) is 38.5 Å². The van der Waals surface area contributed by atoms with Crippen LogP contribution in [-0.2, 0) is 0 Å². The quantitative estimate of drug-likeness (QED) is 0.697. The van der Waals surface area contributed by atoms with Gasteiger partial charge < -0.3 is 0 Å². The Bertz CT molecular complexity index is 334. The lowest BCUT2D eigenvalue weighted by molar-refractivity contribution is 0.335. The molecule has 4 heteroatoms. The van der Waals surface area contributed by atoms with Crippen LogP contribution < -0.4 is 0 Å². The first-order chi connectivity index (χ1) is 7.15. The van der Waals surface area contributed by atoms with Gasteiger partial charge in [0.2, 0.25) is 0 Å². The minimum Gasteiger partial charge on any atom is -0.221 e. The SMILES string of the molecule is CC1CCCC(c2nc(Cl)cc(Cl)n2)C1. The summed E-state index contributed by atoms with van der Waals surface area (Å²) in [6.45, 7) is 2.28. The molecule has 15 heavy (non-hydrogen) atoms. The lowest BCUT2D eigenvalue weighted by Crippen LogP contribution is -2.14. The molecule has 1 aromatic rings. The van der Waals surface area contributed by atoms with Crippen molar-refractivity contribution in [3.8, 4) is 0 Å². The predicted molar refractivity (Wildman–Crippen MR) is 62.4 cm³/mol. The average molecular weight is 245 g/mol. The van der Waals surface area contributed by atoms with Crippen LogP contribution in [0, 0.1) is 5.92 Å². The maximum absolute atomic E-state index is 5.87. The van der Waals surface area contributed by atoms with Gasteiger partial charge in [-0.2, -0.15) is 0 Å². The maximum atomic E-state index is 5.87. The molecule has 1 saturated carbocycles. The van der Waals surface area contributed by atoms with Crippen molar-refractivity contribution in [3.63, 3.8) is 0 Å². The van der Waals surface area contributed by atoms with E-state index in [1.807, 2.05) is 0 Å². The van der Waals surface area contributed by atoms with Crippen molar-refractivity contribution < 1.29 is 0 Å². The Morgan fingerprint density at radius 3 is 2.47 bits per heavy atom. The summed E-state index contributed by atoms with van der Waals surface area (Å²) in [6.07, 6.45) is 4.86. The highest BCUT2D eigenvalue weighted by molar-refractivity contribution is 6.33. The number of aromatic nitrogens is 2. The topological polar surface area (TPSA) is 25.8 Å². The molecule has 0 aliphatic heterocycles. The summed E-state index contributed by atoms with van der Waals surface area (Å²) >= 11 is 11.7. The van der Waals surface area contributed by atoms with E-state index in [4.69, 9.17) is 23.2 Å². The van der Waals surface area contributed by atoms with Crippen LogP contribution in [0.4, 0.5) is 0 Å². The summed E-state index contributed by atoms with van der Waals surface area (Å²) in [4.78, 5) is 8.52. The van der Waals surface area contributed by atoms with Gasteiger partial charge in [0.05, 0.1) is 0 Å². The van der Waals surface area contributed by atoms with Crippen molar-refractivity contribution in [2.24, 2.45) is 5.92 Å². The number of halogens is 2. The number of rotatable bonds is 1. The maximum Gasteiger partial charge on any atom is 0.134 e. The molecule has 0 bridgehead atoms. The van der Waals surface area contributed by atoms with E-state index in [1.54, 1.807) is 6.07 Å². The standard InChI is InChI=1S/C11H14Cl2N2/c1-7-3-2-4-8(5-7)11-14-9(12)6-10(13)15-11/h6-8H,2-5H2,1H3. The normalized spacial score (nSPS) is 26.6. The predicted octanol–water partition coefficient (Wildman–Crippen LogP) is 4.08. The highest BCUT2D eigenvalue weighted by Crippen LogP contribution is 2.34. The monoisotopic (exact) mass is 244 g/mol. The fraction of sp³-hybridized carbons (Fsp3) is 0.636. The second kappa shape index (κ2) is 4.67. The lowest BCUT2D eigenvalue weighted by Gasteiger charge is -2.25. The Kier molecular flexibility index (Phi) is 3.47. The molecule has 2 atom stereocenters. The van der Waals surface area contributed by atoms with E-state index in [-0.39, 0.29) is 0 Å². The smallest absolute Gasteiger partial charge is 0.134 e. The fourth-order valence-electron chi connectivity index (χ4n) is 2.26. The second-order valence-electron chi connectivity index (χ2n) is 4.34. The minimum atomic E-state index is 0.435. The van der Waals surface area contributed by atoms with Crippen LogP contribution in [0.5, 0.6) is 0 Å². The molecule has 0 saturated heterocycles. The summed E-state index contributed by atoms with van der Waals surface area (Å²) < 4.78 is 0. The molecule has 1 fully saturated rings. The largest absolute Gasteiger partial charge is 0.221 e. The van der Waals surface area contributed by atoms with Gasteiger partial charge in [0, 0.05) is 12.0 Å². The molecular weight excluding hydrogens is 231 g/mol. The number of nitrogens with zero attached hydrogens (tertiary/aromatic N) is 2. The summed E-state index contributed by atoms with van der Waals surface area (Å²) in [5.74, 6) is 2.01. The van der Waals surface area contributed by atoms with Crippen molar-refractivity contribution in [1.82, 2.24) is 9.97 Å². The van der Waals surface area contributed by atoms with Crippen molar-refractivity contribution in [1.29, 1.82) is 0 Å². The van der Waals surface area contributed by atoms with E-state index in [0.717, 1.165) is 24.6 Å². The fourth-order valence-corrected chi connectivity index (χ4v) is 2.69. The van der Waals surface area contributed by atoms with Gasteiger partial charge >= 0.3 is 0 Å². The molecule has 82 valence electrons. The van der Waals surface area contributed by atoms with Gasteiger partial charge in [-0.3, -0.25) is 0 Å². The number of hydrogen-bond acceptors (Lipinski definition) is 2. The molecule has 1 aliphatic carbocycles. The first-order valence-electron chi connectivity index (χ1n) is 5.35. The Hall–Kier alpha value is -0.340. The van der Waals surface area contributed by atoms with E-state index >= 15 is 0 Å². The molecule has 1 aromatic heterocycles. The average Bonchev–Trinajstić information content (AvgIpc) is 2.16. The molecule has 0 amide bonds. The van der Waals surface area contributed by atoms with Gasteiger partial charge in [-0.05, 0) is 18.8 Å². The summed E-state index contributed by atoms with van der Waals surface area (Å²) in [6, 6.07) is 1.58. The molecule has 0 N–H and O–H groups in total. The van der Waals surface area contributed by atoms with Crippen molar-refractivity contribution in [3.05, 3.63) is 22.2 Å². The third kappa shape index (κ3) is 2.82. The first kappa shape index (κ1) is 11.2. The van der Waals surface area contributed by atoms with Crippen molar-refractivity contribution in [2.75, 3.05) is 0 Å². The third-order valence-electron chi connectivity index (χ3n) is 2.98. The van der Waals surface area contributed by atoms with Crippen LogP contribution in [0.3, 0.4) is 0 Å². The highest BCUT2D eigenvalue weighted by atomic mass is 35.5. The third-order valence-corrected chi connectivity index (χ3v) is 3.37. The Labute approximate surface area is 100 Å². The van der Waals surface area contributed by atoms with E-state index in [0.29, 0.717) is 16.2 Å². The molecule has 2 rings (SSSR count). The first-order valence-corrected chi connectivity index (χ1v) is 6.10. The zero-order valence-corrected chi connectivity index (χ0v) is 10.2. The zero-order valence-electron chi connectivity index (χ0n) is 8.71. The van der Waals surface area contributed by atoms with Crippen LogP contribution in [-0.4, -0.2) is 9.97 Å².